The summed E-state index contributed by atoms with van der Waals surface area (Å²) < 4.78 is 5.62. The van der Waals surface area contributed by atoms with Gasteiger partial charge in [-0.1, -0.05) is 29.3 Å². The maximum atomic E-state index is 12.4. The second kappa shape index (κ2) is 8.43. The third-order valence-electron chi connectivity index (χ3n) is 3.61. The number of amides is 1. The minimum absolute atomic E-state index is 0.0860. The van der Waals surface area contributed by atoms with E-state index in [1.54, 1.807) is 17.4 Å². The third-order valence-corrected chi connectivity index (χ3v) is 5.00. The van der Waals surface area contributed by atoms with Gasteiger partial charge < -0.3 is 15.2 Å². The molecule has 2 N–H and O–H groups in total. The smallest absolute Gasteiger partial charge is 0.337 e. The van der Waals surface area contributed by atoms with E-state index in [0.29, 0.717) is 17.4 Å². The largest absolute Gasteiger partial charge is 0.488 e. The summed E-state index contributed by atoms with van der Waals surface area (Å²) in [4.78, 5) is 25.0. The summed E-state index contributed by atoms with van der Waals surface area (Å²) in [5.74, 6) is -1.33. The van der Waals surface area contributed by atoms with Crippen LogP contribution in [0.3, 0.4) is 0 Å². The summed E-state index contributed by atoms with van der Waals surface area (Å²) in [6.07, 6.45) is 0. The first-order valence-electron chi connectivity index (χ1n) is 7.73. The van der Waals surface area contributed by atoms with Crippen LogP contribution < -0.4 is 10.1 Å². The predicted octanol–water partition coefficient (Wildman–Crippen LogP) is 5.58. The molecule has 8 heteroatoms. The third kappa shape index (κ3) is 4.80. The van der Waals surface area contributed by atoms with E-state index in [1.165, 1.54) is 30.3 Å². The first-order valence-corrected chi connectivity index (χ1v) is 9.36. The zero-order valence-corrected chi connectivity index (χ0v) is 16.1. The van der Waals surface area contributed by atoms with Crippen molar-refractivity contribution in [2.24, 2.45) is 0 Å². The minimum Gasteiger partial charge on any atom is -0.488 e. The lowest BCUT2D eigenvalue weighted by molar-refractivity contribution is 0.0697. The average molecular weight is 422 g/mol. The standard InChI is InChI=1S/C19H13Cl2NO4S/c20-11-3-5-14(16(21)8-11)18(23)22-17-6-4-12(9-15(17)19(24)25)26-10-13-2-1-7-27-13/h1-9H,10H2,(H,22,23)(H,24,25). The number of rotatable bonds is 6. The average Bonchev–Trinajstić information content (AvgIpc) is 3.14. The number of hydrogen-bond donors (Lipinski definition) is 2. The van der Waals surface area contributed by atoms with E-state index in [2.05, 4.69) is 5.32 Å². The van der Waals surface area contributed by atoms with Crippen LogP contribution in [0.4, 0.5) is 5.69 Å². The molecule has 138 valence electrons. The van der Waals surface area contributed by atoms with Crippen molar-refractivity contribution in [2.75, 3.05) is 5.32 Å². The first-order chi connectivity index (χ1) is 12.9. The molecule has 27 heavy (non-hydrogen) atoms. The minimum atomic E-state index is -1.19. The van der Waals surface area contributed by atoms with Crippen molar-refractivity contribution in [3.63, 3.8) is 0 Å². The van der Waals surface area contributed by atoms with Crippen molar-refractivity contribution in [3.05, 3.63) is 80.0 Å². The van der Waals surface area contributed by atoms with Gasteiger partial charge >= 0.3 is 5.97 Å². The molecule has 0 spiro atoms. The fourth-order valence-corrected chi connectivity index (χ4v) is 3.42. The molecule has 5 nitrogen and oxygen atoms in total. The fraction of sp³-hybridized carbons (Fsp3) is 0.0526. The monoisotopic (exact) mass is 421 g/mol. The van der Waals surface area contributed by atoms with Crippen molar-refractivity contribution < 1.29 is 19.4 Å². The van der Waals surface area contributed by atoms with Crippen LogP contribution in [0.2, 0.25) is 10.0 Å². The number of carbonyl (C=O) groups is 2. The number of benzene rings is 2. The highest BCUT2D eigenvalue weighted by Crippen LogP contribution is 2.26. The molecule has 0 radical (unpaired) electrons. The number of carbonyl (C=O) groups excluding carboxylic acids is 1. The van der Waals surface area contributed by atoms with Crippen molar-refractivity contribution in [1.29, 1.82) is 0 Å². The Hall–Kier alpha value is -2.54. The zero-order valence-electron chi connectivity index (χ0n) is 13.7. The SMILES string of the molecule is O=C(Nc1ccc(OCc2cccs2)cc1C(=O)O)c1ccc(Cl)cc1Cl. The van der Waals surface area contributed by atoms with E-state index in [4.69, 9.17) is 27.9 Å². The molecule has 0 bridgehead atoms. The molecule has 0 aliphatic carbocycles. The number of thiophene rings is 1. The molecule has 2 aromatic carbocycles. The van der Waals surface area contributed by atoms with Gasteiger partial charge in [0.2, 0.25) is 0 Å². The number of ether oxygens (including phenoxy) is 1. The number of hydrogen-bond acceptors (Lipinski definition) is 4. The van der Waals surface area contributed by atoms with Crippen LogP contribution in [0, 0.1) is 0 Å². The van der Waals surface area contributed by atoms with Crippen LogP contribution in [0.25, 0.3) is 0 Å². The van der Waals surface area contributed by atoms with Crippen molar-refractivity contribution in [2.45, 2.75) is 6.61 Å². The van der Waals surface area contributed by atoms with Gasteiger partial charge in [0.15, 0.2) is 0 Å². The topological polar surface area (TPSA) is 75.6 Å². The molecule has 0 aliphatic heterocycles. The lowest BCUT2D eigenvalue weighted by Crippen LogP contribution is -2.15. The zero-order chi connectivity index (χ0) is 19.4. The number of anilines is 1. The van der Waals surface area contributed by atoms with E-state index >= 15 is 0 Å². The van der Waals surface area contributed by atoms with Gasteiger partial charge in [-0.25, -0.2) is 4.79 Å². The molecular formula is C19H13Cl2NO4S. The van der Waals surface area contributed by atoms with Gasteiger partial charge in [0.1, 0.15) is 12.4 Å². The predicted molar refractivity (Wildman–Crippen MR) is 106 cm³/mol. The molecule has 0 atom stereocenters. The van der Waals surface area contributed by atoms with Crippen LogP contribution >= 0.6 is 34.5 Å². The van der Waals surface area contributed by atoms with E-state index in [9.17, 15) is 14.7 Å². The maximum absolute atomic E-state index is 12.4. The summed E-state index contributed by atoms with van der Waals surface area (Å²) in [7, 11) is 0. The van der Waals surface area contributed by atoms with E-state index in [0.717, 1.165) is 4.88 Å². The molecular weight excluding hydrogens is 409 g/mol. The van der Waals surface area contributed by atoms with Gasteiger partial charge in [0.05, 0.1) is 21.8 Å². The van der Waals surface area contributed by atoms with Gasteiger partial charge in [0, 0.05) is 9.90 Å². The van der Waals surface area contributed by atoms with Gasteiger partial charge in [-0.3, -0.25) is 4.79 Å². The summed E-state index contributed by atoms with van der Waals surface area (Å²) in [5.41, 5.74) is 0.245. The molecule has 0 saturated carbocycles. The summed E-state index contributed by atoms with van der Waals surface area (Å²) >= 11 is 13.4. The molecule has 1 amide bonds. The lowest BCUT2D eigenvalue weighted by atomic mass is 10.1. The Labute approximate surface area is 169 Å². The Morgan fingerprint density at radius 2 is 1.89 bits per heavy atom. The molecule has 3 rings (SSSR count). The Kier molecular flexibility index (Phi) is 6.01. The van der Waals surface area contributed by atoms with Crippen molar-refractivity contribution in [3.8, 4) is 5.75 Å². The molecule has 1 heterocycles. The number of halogens is 2. The van der Waals surface area contributed by atoms with Crippen molar-refractivity contribution in [1.82, 2.24) is 0 Å². The van der Waals surface area contributed by atoms with Crippen LogP contribution in [0.15, 0.2) is 53.9 Å². The highest BCUT2D eigenvalue weighted by atomic mass is 35.5. The summed E-state index contributed by atoms with van der Waals surface area (Å²) in [5, 5.41) is 14.5. The highest BCUT2D eigenvalue weighted by molar-refractivity contribution is 7.09. The molecule has 0 fully saturated rings. The lowest BCUT2D eigenvalue weighted by Gasteiger charge is -2.12. The quantitative estimate of drug-likeness (QED) is 0.544. The number of carboxylic acid groups (broad SMARTS) is 1. The molecule has 0 aliphatic rings. The molecule has 0 unspecified atom stereocenters. The Balaban J connectivity index is 1.80. The van der Waals surface area contributed by atoms with Crippen LogP contribution in [-0.4, -0.2) is 17.0 Å². The van der Waals surface area contributed by atoms with Gasteiger partial charge in [-0.2, -0.15) is 0 Å². The highest BCUT2D eigenvalue weighted by Gasteiger charge is 2.17. The van der Waals surface area contributed by atoms with Crippen LogP contribution in [-0.2, 0) is 6.61 Å². The maximum Gasteiger partial charge on any atom is 0.337 e. The van der Waals surface area contributed by atoms with E-state index in [1.807, 2.05) is 17.5 Å². The summed E-state index contributed by atoms with van der Waals surface area (Å²) in [6.45, 7) is 0.336. The van der Waals surface area contributed by atoms with E-state index in [-0.39, 0.29) is 21.8 Å². The number of aromatic carboxylic acids is 1. The Morgan fingerprint density at radius 3 is 2.56 bits per heavy atom. The molecule has 1 aromatic heterocycles. The van der Waals surface area contributed by atoms with Gasteiger partial charge in [-0.05, 0) is 47.8 Å². The second-order valence-corrected chi connectivity index (χ2v) is 7.33. The Morgan fingerprint density at radius 1 is 1.07 bits per heavy atom. The van der Waals surface area contributed by atoms with Gasteiger partial charge in [-0.15, -0.1) is 11.3 Å². The van der Waals surface area contributed by atoms with Crippen molar-refractivity contribution >= 4 is 52.1 Å². The first kappa shape index (κ1) is 19.2. The second-order valence-electron chi connectivity index (χ2n) is 5.46. The number of carboxylic acids is 1. The van der Waals surface area contributed by atoms with Crippen LogP contribution in [0.5, 0.6) is 5.75 Å². The fourth-order valence-electron chi connectivity index (χ4n) is 2.31. The number of nitrogens with one attached hydrogen (secondary N) is 1. The summed E-state index contributed by atoms with van der Waals surface area (Å²) in [6, 6.07) is 12.7. The van der Waals surface area contributed by atoms with Gasteiger partial charge in [0.25, 0.3) is 5.91 Å². The Bertz CT molecular complexity index is 989. The molecule has 3 aromatic rings. The molecule has 0 saturated heterocycles. The van der Waals surface area contributed by atoms with Crippen LogP contribution in [0.1, 0.15) is 25.6 Å². The normalized spacial score (nSPS) is 10.4. The van der Waals surface area contributed by atoms with E-state index < -0.39 is 11.9 Å².